The molecule has 21 heavy (non-hydrogen) atoms. The summed E-state index contributed by atoms with van der Waals surface area (Å²) in [5, 5.41) is 9.57. The lowest BCUT2D eigenvalue weighted by atomic mass is 9.62. The van der Waals surface area contributed by atoms with Gasteiger partial charge in [0.05, 0.1) is 11.5 Å². The molecule has 0 aromatic heterocycles. The average molecular weight is 290 g/mol. The second-order valence-corrected chi connectivity index (χ2v) is 7.88. The zero-order chi connectivity index (χ0) is 15.1. The van der Waals surface area contributed by atoms with Gasteiger partial charge in [-0.05, 0) is 49.9 Å². The topological polar surface area (TPSA) is 23.8 Å². The second kappa shape index (κ2) is 8.21. The number of hydrogen-bond donors (Lipinski definition) is 0. The maximum Gasteiger partial charge on any atom is 0.0689 e. The largest absolute Gasteiger partial charge is 0.198 e. The van der Waals surface area contributed by atoms with E-state index in [1.807, 2.05) is 0 Å². The Balaban J connectivity index is 1.78. The van der Waals surface area contributed by atoms with Crippen LogP contribution in [0.15, 0.2) is 0 Å². The molecular weight excluding hydrogens is 254 g/mol. The molecule has 0 heterocycles. The fourth-order valence-corrected chi connectivity index (χ4v) is 4.94. The van der Waals surface area contributed by atoms with Crippen LogP contribution >= 0.6 is 0 Å². The summed E-state index contributed by atoms with van der Waals surface area (Å²) in [5.74, 6) is 2.81. The van der Waals surface area contributed by atoms with Crippen molar-refractivity contribution in [2.24, 2.45) is 23.2 Å². The molecule has 0 radical (unpaired) electrons. The number of nitriles is 1. The first kappa shape index (κ1) is 16.9. The molecule has 120 valence electrons. The summed E-state index contributed by atoms with van der Waals surface area (Å²) in [5.41, 5.74) is 0.0287. The molecule has 0 N–H and O–H groups in total. The van der Waals surface area contributed by atoms with E-state index in [4.69, 9.17) is 0 Å². The molecule has 2 saturated carbocycles. The zero-order valence-electron chi connectivity index (χ0n) is 14.4. The minimum atomic E-state index is 0.0287. The smallest absolute Gasteiger partial charge is 0.0689 e. The van der Waals surface area contributed by atoms with E-state index in [1.165, 1.54) is 70.6 Å². The van der Waals surface area contributed by atoms with Crippen molar-refractivity contribution < 1.29 is 0 Å². The minimum absolute atomic E-state index is 0.0287. The van der Waals surface area contributed by atoms with Gasteiger partial charge in [0.15, 0.2) is 0 Å². The molecule has 0 aromatic carbocycles. The summed E-state index contributed by atoms with van der Waals surface area (Å²) >= 11 is 0. The van der Waals surface area contributed by atoms with Crippen molar-refractivity contribution in [2.45, 2.75) is 97.3 Å². The lowest BCUT2D eigenvalue weighted by molar-refractivity contribution is 0.106. The molecule has 2 fully saturated rings. The third-order valence-electron chi connectivity index (χ3n) is 6.57. The Labute approximate surface area is 132 Å². The Morgan fingerprint density at radius 1 is 1.00 bits per heavy atom. The number of hydrogen-bond acceptors (Lipinski definition) is 1. The van der Waals surface area contributed by atoms with E-state index in [-0.39, 0.29) is 5.41 Å². The van der Waals surface area contributed by atoms with E-state index in [2.05, 4.69) is 19.9 Å². The SMILES string of the molecule is CCCCC[C@H]1CC[C@H](C2CCCC(C#N)(CC)C2)CC1. The van der Waals surface area contributed by atoms with Gasteiger partial charge in [-0.15, -0.1) is 0 Å². The van der Waals surface area contributed by atoms with Gasteiger partial charge in [0.1, 0.15) is 0 Å². The highest BCUT2D eigenvalue weighted by Gasteiger charge is 2.38. The summed E-state index contributed by atoms with van der Waals surface area (Å²) < 4.78 is 0. The van der Waals surface area contributed by atoms with Gasteiger partial charge in [0.2, 0.25) is 0 Å². The van der Waals surface area contributed by atoms with Gasteiger partial charge in [0.25, 0.3) is 0 Å². The molecule has 0 aliphatic heterocycles. The predicted octanol–water partition coefficient (Wildman–Crippen LogP) is 6.48. The number of unbranched alkanes of at least 4 members (excludes halogenated alkanes) is 2. The Hall–Kier alpha value is -0.510. The second-order valence-electron chi connectivity index (χ2n) is 7.88. The molecule has 1 heteroatoms. The van der Waals surface area contributed by atoms with Crippen LogP contribution in [0.4, 0.5) is 0 Å². The Kier molecular flexibility index (Phi) is 6.59. The first-order valence-corrected chi connectivity index (χ1v) is 9.64. The Morgan fingerprint density at radius 3 is 2.38 bits per heavy atom. The van der Waals surface area contributed by atoms with Crippen LogP contribution in [0.25, 0.3) is 0 Å². The van der Waals surface area contributed by atoms with Crippen LogP contribution in [0.3, 0.4) is 0 Å². The molecule has 2 rings (SSSR count). The van der Waals surface area contributed by atoms with Gasteiger partial charge < -0.3 is 0 Å². The standard InChI is InChI=1S/C20H35N/c1-3-5-6-8-17-10-12-18(13-11-17)19-9-7-14-20(4-2,15-19)16-21/h17-19H,3-15H2,1-2H3/t17-,18-,19?,20?. The zero-order valence-corrected chi connectivity index (χ0v) is 14.4. The summed E-state index contributed by atoms with van der Waals surface area (Å²) in [6, 6.07) is 2.68. The maximum atomic E-state index is 9.57. The van der Waals surface area contributed by atoms with Crippen LogP contribution < -0.4 is 0 Å². The van der Waals surface area contributed by atoms with Gasteiger partial charge in [0, 0.05) is 0 Å². The minimum Gasteiger partial charge on any atom is -0.198 e. The van der Waals surface area contributed by atoms with E-state index in [9.17, 15) is 5.26 Å². The third kappa shape index (κ3) is 4.48. The van der Waals surface area contributed by atoms with Crippen molar-refractivity contribution in [3.63, 3.8) is 0 Å². The molecule has 0 spiro atoms. The van der Waals surface area contributed by atoms with Crippen LogP contribution in [0, 0.1) is 34.5 Å². The van der Waals surface area contributed by atoms with Crippen molar-refractivity contribution in [3.05, 3.63) is 0 Å². The lowest BCUT2D eigenvalue weighted by Crippen LogP contribution is -2.32. The molecule has 0 amide bonds. The van der Waals surface area contributed by atoms with Crippen molar-refractivity contribution in [2.75, 3.05) is 0 Å². The first-order chi connectivity index (χ1) is 10.2. The fraction of sp³-hybridized carbons (Fsp3) is 0.950. The van der Waals surface area contributed by atoms with Crippen molar-refractivity contribution in [1.29, 1.82) is 5.26 Å². The Morgan fingerprint density at radius 2 is 1.76 bits per heavy atom. The van der Waals surface area contributed by atoms with E-state index in [1.54, 1.807) is 0 Å². The molecule has 2 atom stereocenters. The quantitative estimate of drug-likeness (QED) is 0.513. The van der Waals surface area contributed by atoms with Gasteiger partial charge >= 0.3 is 0 Å². The molecule has 0 aromatic rings. The van der Waals surface area contributed by atoms with Crippen molar-refractivity contribution in [1.82, 2.24) is 0 Å². The molecule has 0 saturated heterocycles. The summed E-state index contributed by atoms with van der Waals surface area (Å²) in [7, 11) is 0. The van der Waals surface area contributed by atoms with Crippen LogP contribution in [0.2, 0.25) is 0 Å². The number of nitrogens with zero attached hydrogens (tertiary/aromatic N) is 1. The Bertz CT molecular complexity index is 334. The van der Waals surface area contributed by atoms with Crippen LogP contribution in [0.5, 0.6) is 0 Å². The van der Waals surface area contributed by atoms with E-state index >= 15 is 0 Å². The predicted molar refractivity (Wildman–Crippen MR) is 89.9 cm³/mol. The fourth-order valence-electron chi connectivity index (χ4n) is 4.94. The summed E-state index contributed by atoms with van der Waals surface area (Å²) in [4.78, 5) is 0. The third-order valence-corrected chi connectivity index (χ3v) is 6.57. The molecule has 1 nitrogen and oxygen atoms in total. The van der Waals surface area contributed by atoms with Crippen molar-refractivity contribution >= 4 is 0 Å². The molecule has 2 unspecified atom stereocenters. The van der Waals surface area contributed by atoms with E-state index in [0.29, 0.717) is 0 Å². The lowest BCUT2D eigenvalue weighted by Gasteiger charge is -2.41. The van der Waals surface area contributed by atoms with Crippen LogP contribution in [-0.2, 0) is 0 Å². The monoisotopic (exact) mass is 289 g/mol. The van der Waals surface area contributed by atoms with E-state index in [0.717, 1.165) is 30.6 Å². The molecule has 0 bridgehead atoms. The molecule has 2 aliphatic carbocycles. The van der Waals surface area contributed by atoms with Gasteiger partial charge in [-0.2, -0.15) is 5.26 Å². The first-order valence-electron chi connectivity index (χ1n) is 9.64. The van der Waals surface area contributed by atoms with Crippen LogP contribution in [0.1, 0.15) is 97.3 Å². The number of rotatable bonds is 6. The summed E-state index contributed by atoms with van der Waals surface area (Å²) in [6.07, 6.45) is 17.6. The highest BCUT2D eigenvalue weighted by Crippen LogP contribution is 2.48. The van der Waals surface area contributed by atoms with Gasteiger partial charge in [-0.1, -0.05) is 65.2 Å². The maximum absolute atomic E-state index is 9.57. The van der Waals surface area contributed by atoms with E-state index < -0.39 is 0 Å². The van der Waals surface area contributed by atoms with Crippen LogP contribution in [-0.4, -0.2) is 0 Å². The van der Waals surface area contributed by atoms with Crippen molar-refractivity contribution in [3.8, 4) is 6.07 Å². The highest BCUT2D eigenvalue weighted by atomic mass is 14.4. The molecule has 2 aliphatic rings. The summed E-state index contributed by atoms with van der Waals surface area (Å²) in [6.45, 7) is 4.52. The van der Waals surface area contributed by atoms with Gasteiger partial charge in [-0.3, -0.25) is 0 Å². The highest BCUT2D eigenvalue weighted by molar-refractivity contribution is 5.02. The average Bonchev–Trinajstić information content (AvgIpc) is 2.56. The normalized spacial score (nSPS) is 37.1. The van der Waals surface area contributed by atoms with Gasteiger partial charge in [-0.25, -0.2) is 0 Å². The molecular formula is C20H35N.